The Balaban J connectivity index is 1.40. The molecule has 2 unspecified atom stereocenters. The van der Waals surface area contributed by atoms with Crippen molar-refractivity contribution in [1.29, 1.82) is 5.26 Å². The van der Waals surface area contributed by atoms with E-state index < -0.39 is 0 Å². The second kappa shape index (κ2) is 8.33. The maximum atomic E-state index is 8.95. The smallest absolute Gasteiger partial charge is 0.225 e. The number of aryl methyl sites for hydroxylation is 1. The lowest BCUT2D eigenvalue weighted by molar-refractivity contribution is 0.135. The average molecular weight is 437 g/mol. The number of aromatic amines is 1. The third-order valence-electron chi connectivity index (χ3n) is 6.33. The third-order valence-corrected chi connectivity index (χ3v) is 6.63. The molecule has 3 aromatic rings. The molecular formula is C22H25ClN8. The third kappa shape index (κ3) is 4.03. The van der Waals surface area contributed by atoms with E-state index in [9.17, 15) is 0 Å². The molecule has 4 heterocycles. The zero-order valence-corrected chi connectivity index (χ0v) is 18.2. The summed E-state index contributed by atoms with van der Waals surface area (Å²) in [6.45, 7) is 2.83. The van der Waals surface area contributed by atoms with Crippen LogP contribution in [0.25, 0.3) is 10.9 Å². The van der Waals surface area contributed by atoms with Crippen LogP contribution in [0.1, 0.15) is 37.8 Å². The molecule has 31 heavy (non-hydrogen) atoms. The number of halogens is 1. The van der Waals surface area contributed by atoms with Crippen LogP contribution >= 0.6 is 11.6 Å². The van der Waals surface area contributed by atoms with E-state index in [1.807, 2.05) is 31.2 Å². The number of nitrogens with one attached hydrogen (secondary N) is 3. The largest absolute Gasteiger partial charge is 0.351 e. The Bertz CT molecular complexity index is 1120. The summed E-state index contributed by atoms with van der Waals surface area (Å²) in [6.07, 6.45) is 5.06. The van der Waals surface area contributed by atoms with Crippen molar-refractivity contribution in [3.05, 3.63) is 35.0 Å². The van der Waals surface area contributed by atoms with Crippen LogP contribution in [0.4, 0.5) is 17.6 Å². The van der Waals surface area contributed by atoms with E-state index in [4.69, 9.17) is 26.8 Å². The summed E-state index contributed by atoms with van der Waals surface area (Å²) < 4.78 is 0. The number of nitriles is 1. The maximum Gasteiger partial charge on any atom is 0.225 e. The van der Waals surface area contributed by atoms with Crippen molar-refractivity contribution in [2.24, 2.45) is 0 Å². The molecule has 2 aromatic heterocycles. The van der Waals surface area contributed by atoms with Crippen LogP contribution in [0, 0.1) is 18.3 Å². The van der Waals surface area contributed by atoms with E-state index in [0.717, 1.165) is 30.5 Å². The van der Waals surface area contributed by atoms with E-state index in [1.54, 1.807) is 0 Å². The monoisotopic (exact) mass is 436 g/mol. The minimum atomic E-state index is 0.302. The SMILES string of the molecule is Cc1cc(Nc2nc(NC3CC4CCC(C3)N4CCC#N)nc3c(Cl)cccc23)n[nH]1. The minimum Gasteiger partial charge on any atom is -0.351 e. The first-order chi connectivity index (χ1) is 15.1. The quantitative estimate of drug-likeness (QED) is 0.526. The van der Waals surface area contributed by atoms with Gasteiger partial charge in [0.2, 0.25) is 5.95 Å². The number of aromatic nitrogens is 4. The van der Waals surface area contributed by atoms with Crippen LogP contribution in [-0.4, -0.2) is 49.7 Å². The van der Waals surface area contributed by atoms with Crippen LogP contribution in [0.5, 0.6) is 0 Å². The fourth-order valence-electron chi connectivity index (χ4n) is 5.00. The number of H-pyrrole nitrogens is 1. The Hall–Kier alpha value is -2.89. The first-order valence-corrected chi connectivity index (χ1v) is 11.1. The molecule has 160 valence electrons. The number of hydrogen-bond acceptors (Lipinski definition) is 7. The second-order valence-corrected chi connectivity index (χ2v) is 8.84. The van der Waals surface area contributed by atoms with Gasteiger partial charge in [0, 0.05) is 48.2 Å². The summed E-state index contributed by atoms with van der Waals surface area (Å²) in [7, 11) is 0. The number of nitrogens with zero attached hydrogens (tertiary/aromatic N) is 5. The Kier molecular flexibility index (Phi) is 5.38. The lowest BCUT2D eigenvalue weighted by atomic mass is 9.97. The molecule has 2 saturated heterocycles. The molecule has 0 aliphatic carbocycles. The van der Waals surface area contributed by atoms with Crippen molar-refractivity contribution in [1.82, 2.24) is 25.1 Å². The van der Waals surface area contributed by atoms with Crippen LogP contribution in [-0.2, 0) is 0 Å². The number of benzene rings is 1. The summed E-state index contributed by atoms with van der Waals surface area (Å²) in [5, 5.41) is 24.5. The van der Waals surface area contributed by atoms with Gasteiger partial charge in [-0.15, -0.1) is 0 Å². The van der Waals surface area contributed by atoms with Gasteiger partial charge in [-0.2, -0.15) is 15.3 Å². The van der Waals surface area contributed by atoms with Gasteiger partial charge in [0.05, 0.1) is 16.6 Å². The van der Waals surface area contributed by atoms with Gasteiger partial charge >= 0.3 is 0 Å². The van der Waals surface area contributed by atoms with Crippen LogP contribution < -0.4 is 10.6 Å². The van der Waals surface area contributed by atoms with Gasteiger partial charge in [-0.3, -0.25) is 10.00 Å². The molecule has 2 aliphatic rings. The Morgan fingerprint density at radius 1 is 1.26 bits per heavy atom. The van der Waals surface area contributed by atoms with E-state index in [0.29, 0.717) is 52.7 Å². The molecular weight excluding hydrogens is 412 g/mol. The Morgan fingerprint density at radius 2 is 2.06 bits per heavy atom. The Labute approximate surface area is 186 Å². The van der Waals surface area contributed by atoms with E-state index in [1.165, 1.54) is 12.8 Å². The van der Waals surface area contributed by atoms with E-state index in [-0.39, 0.29) is 0 Å². The van der Waals surface area contributed by atoms with Crippen LogP contribution in [0.2, 0.25) is 5.02 Å². The first-order valence-electron chi connectivity index (χ1n) is 10.7. The fourth-order valence-corrected chi connectivity index (χ4v) is 5.22. The highest BCUT2D eigenvalue weighted by Gasteiger charge is 2.40. The van der Waals surface area contributed by atoms with Gasteiger partial charge < -0.3 is 10.6 Å². The van der Waals surface area contributed by atoms with Crippen LogP contribution in [0.3, 0.4) is 0 Å². The summed E-state index contributed by atoms with van der Waals surface area (Å²) in [4.78, 5) is 12.0. The summed E-state index contributed by atoms with van der Waals surface area (Å²) in [5.74, 6) is 1.95. The van der Waals surface area contributed by atoms with Crippen molar-refractivity contribution in [3.8, 4) is 6.07 Å². The molecule has 9 heteroatoms. The highest BCUT2D eigenvalue weighted by Crippen LogP contribution is 2.37. The van der Waals surface area contributed by atoms with Crippen molar-refractivity contribution in [2.75, 3.05) is 17.2 Å². The molecule has 2 fully saturated rings. The molecule has 0 spiro atoms. The molecule has 0 amide bonds. The van der Waals surface area contributed by atoms with Crippen LogP contribution in [0.15, 0.2) is 24.3 Å². The lowest BCUT2D eigenvalue weighted by Gasteiger charge is -2.38. The standard InChI is InChI=1S/C22H25ClN8/c1-13-10-19(30-29-13)26-21-17-4-2-5-18(23)20(17)27-22(28-21)25-14-11-15-6-7-16(12-14)31(15)9-3-8-24/h2,4-5,10,14-16H,3,6-7,9,11-12H2,1H3,(H3,25,26,27,28,29,30). The minimum absolute atomic E-state index is 0.302. The molecule has 3 N–H and O–H groups in total. The predicted octanol–water partition coefficient (Wildman–Crippen LogP) is 4.38. The zero-order chi connectivity index (χ0) is 21.4. The number of fused-ring (bicyclic) bond motifs is 3. The van der Waals surface area contributed by atoms with Crippen molar-refractivity contribution in [3.63, 3.8) is 0 Å². The second-order valence-electron chi connectivity index (χ2n) is 8.44. The summed E-state index contributed by atoms with van der Waals surface area (Å²) in [6, 6.07) is 11.3. The van der Waals surface area contributed by atoms with Gasteiger partial charge in [-0.25, -0.2) is 4.98 Å². The molecule has 2 bridgehead atoms. The predicted molar refractivity (Wildman–Crippen MR) is 122 cm³/mol. The van der Waals surface area contributed by atoms with Gasteiger partial charge in [0.25, 0.3) is 0 Å². The molecule has 1 aromatic carbocycles. The number of anilines is 3. The highest BCUT2D eigenvalue weighted by molar-refractivity contribution is 6.35. The van der Waals surface area contributed by atoms with Gasteiger partial charge in [-0.1, -0.05) is 17.7 Å². The molecule has 8 nitrogen and oxygen atoms in total. The van der Waals surface area contributed by atoms with Crippen molar-refractivity contribution in [2.45, 2.75) is 57.2 Å². The number of hydrogen-bond donors (Lipinski definition) is 3. The van der Waals surface area contributed by atoms with Gasteiger partial charge in [-0.05, 0) is 44.7 Å². The lowest BCUT2D eigenvalue weighted by Crippen LogP contribution is -2.47. The zero-order valence-electron chi connectivity index (χ0n) is 17.4. The van der Waals surface area contributed by atoms with E-state index in [2.05, 4.69) is 31.8 Å². The normalized spacial score (nSPS) is 23.1. The summed E-state index contributed by atoms with van der Waals surface area (Å²) >= 11 is 6.47. The number of para-hydroxylation sites is 1. The maximum absolute atomic E-state index is 8.95. The average Bonchev–Trinajstić information content (AvgIpc) is 3.26. The molecule has 2 atom stereocenters. The molecule has 2 aliphatic heterocycles. The highest BCUT2D eigenvalue weighted by atomic mass is 35.5. The summed E-state index contributed by atoms with van der Waals surface area (Å²) in [5.41, 5.74) is 1.68. The topological polar surface area (TPSA) is 106 Å². The number of piperidine rings is 1. The first kappa shape index (κ1) is 20.0. The van der Waals surface area contributed by atoms with Gasteiger partial charge in [0.15, 0.2) is 5.82 Å². The molecule has 0 saturated carbocycles. The van der Waals surface area contributed by atoms with Crippen molar-refractivity contribution < 1.29 is 0 Å². The Morgan fingerprint density at radius 3 is 2.77 bits per heavy atom. The molecule has 0 radical (unpaired) electrons. The number of rotatable bonds is 6. The van der Waals surface area contributed by atoms with E-state index >= 15 is 0 Å². The molecule has 5 rings (SSSR count). The van der Waals surface area contributed by atoms with Crippen molar-refractivity contribution >= 4 is 40.1 Å². The van der Waals surface area contributed by atoms with Gasteiger partial charge in [0.1, 0.15) is 5.82 Å². The fraction of sp³-hybridized carbons (Fsp3) is 0.455.